The molecule has 2 aliphatic carbocycles. The van der Waals surface area contributed by atoms with Crippen LogP contribution >= 0.6 is 11.6 Å². The SMILES string of the molecule is O=CC1=CCC=CC(CN2CC=CC(C3C=CC(Cl)=CC3)N=C2CCCC(F)(F)F)=C1. The lowest BCUT2D eigenvalue weighted by Gasteiger charge is -2.26. The van der Waals surface area contributed by atoms with Crippen LogP contribution in [0.2, 0.25) is 0 Å². The Kier molecular flexibility index (Phi) is 8.13. The number of amidine groups is 1. The van der Waals surface area contributed by atoms with Crippen molar-refractivity contribution in [3.63, 3.8) is 0 Å². The lowest BCUT2D eigenvalue weighted by Crippen LogP contribution is -2.33. The molecule has 0 saturated heterocycles. The standard InChI is InChI=1S/C24H26ClF3N2O/c25-21-11-9-20(10-12-21)22-7-4-14-30(23(29-22)8-3-13-24(26,27)28)16-18-5-1-2-6-19(15-18)17-31/h1,4-7,9,11-12,15,17,20,22H,2-3,8,10,13-14,16H2. The van der Waals surface area contributed by atoms with Crippen LogP contribution in [0.3, 0.4) is 0 Å². The van der Waals surface area contributed by atoms with Gasteiger partial charge in [0, 0.05) is 42.5 Å². The number of hydrogen-bond acceptors (Lipinski definition) is 3. The zero-order valence-electron chi connectivity index (χ0n) is 17.2. The predicted octanol–water partition coefficient (Wildman–Crippen LogP) is 6.07. The largest absolute Gasteiger partial charge is 0.389 e. The predicted molar refractivity (Wildman–Crippen MR) is 119 cm³/mol. The molecule has 2 unspecified atom stereocenters. The van der Waals surface area contributed by atoms with Crippen molar-refractivity contribution in [3.8, 4) is 0 Å². The van der Waals surface area contributed by atoms with Crippen LogP contribution in [0.15, 0.2) is 75.9 Å². The molecule has 0 aromatic rings. The van der Waals surface area contributed by atoms with Crippen molar-refractivity contribution in [2.45, 2.75) is 44.3 Å². The maximum absolute atomic E-state index is 12.7. The van der Waals surface area contributed by atoms with E-state index in [0.29, 0.717) is 36.0 Å². The Morgan fingerprint density at radius 3 is 2.74 bits per heavy atom. The Balaban J connectivity index is 1.80. The fraction of sp³-hybridized carbons (Fsp3) is 0.417. The maximum Gasteiger partial charge on any atom is 0.389 e. The van der Waals surface area contributed by atoms with Crippen LogP contribution in [-0.4, -0.2) is 42.3 Å². The van der Waals surface area contributed by atoms with Crippen LogP contribution in [0.5, 0.6) is 0 Å². The van der Waals surface area contributed by atoms with Gasteiger partial charge in [0.05, 0.1) is 6.04 Å². The van der Waals surface area contributed by atoms with E-state index in [9.17, 15) is 18.0 Å². The summed E-state index contributed by atoms with van der Waals surface area (Å²) in [6.45, 7) is 1.04. The highest BCUT2D eigenvalue weighted by Gasteiger charge is 2.28. The summed E-state index contributed by atoms with van der Waals surface area (Å²) in [5.41, 5.74) is 1.54. The highest BCUT2D eigenvalue weighted by atomic mass is 35.5. The van der Waals surface area contributed by atoms with Crippen molar-refractivity contribution in [2.24, 2.45) is 10.9 Å². The molecule has 0 amide bonds. The molecule has 0 aromatic carbocycles. The third kappa shape index (κ3) is 7.39. The first-order chi connectivity index (χ1) is 14.8. The van der Waals surface area contributed by atoms with Crippen molar-refractivity contribution >= 4 is 23.7 Å². The topological polar surface area (TPSA) is 32.7 Å². The van der Waals surface area contributed by atoms with Crippen LogP contribution in [-0.2, 0) is 4.79 Å². The van der Waals surface area contributed by atoms with E-state index in [-0.39, 0.29) is 24.8 Å². The molecule has 1 heterocycles. The van der Waals surface area contributed by atoms with Crippen molar-refractivity contribution in [1.82, 2.24) is 4.90 Å². The smallest absolute Gasteiger partial charge is 0.352 e. The van der Waals surface area contributed by atoms with Gasteiger partial charge in [-0.3, -0.25) is 9.79 Å². The summed E-state index contributed by atoms with van der Waals surface area (Å²) in [6.07, 6.45) is 14.9. The highest BCUT2D eigenvalue weighted by Crippen LogP contribution is 2.27. The van der Waals surface area contributed by atoms with E-state index < -0.39 is 12.6 Å². The Morgan fingerprint density at radius 1 is 1.19 bits per heavy atom. The van der Waals surface area contributed by atoms with Gasteiger partial charge in [-0.05, 0) is 37.0 Å². The van der Waals surface area contributed by atoms with Crippen molar-refractivity contribution < 1.29 is 18.0 Å². The molecular weight excluding hydrogens is 425 g/mol. The minimum atomic E-state index is -4.18. The Morgan fingerprint density at radius 2 is 2.03 bits per heavy atom. The molecule has 166 valence electrons. The summed E-state index contributed by atoms with van der Waals surface area (Å²) >= 11 is 6.03. The molecule has 3 nitrogen and oxygen atoms in total. The molecule has 0 aromatic heterocycles. The van der Waals surface area contributed by atoms with Crippen molar-refractivity contribution in [3.05, 3.63) is 70.9 Å². The van der Waals surface area contributed by atoms with Gasteiger partial charge in [-0.1, -0.05) is 54.1 Å². The minimum absolute atomic E-state index is 0.00777. The molecule has 0 bridgehead atoms. The first-order valence-electron chi connectivity index (χ1n) is 10.5. The van der Waals surface area contributed by atoms with Crippen molar-refractivity contribution in [2.75, 3.05) is 13.1 Å². The first-order valence-corrected chi connectivity index (χ1v) is 10.8. The molecule has 0 radical (unpaired) electrons. The summed E-state index contributed by atoms with van der Waals surface area (Å²) in [6, 6.07) is -0.146. The number of allylic oxidation sites excluding steroid dienone is 7. The van der Waals surface area contributed by atoms with Gasteiger partial charge in [0.25, 0.3) is 0 Å². The van der Waals surface area contributed by atoms with Gasteiger partial charge in [-0.25, -0.2) is 0 Å². The first kappa shape index (κ1) is 23.3. The average molecular weight is 451 g/mol. The quantitative estimate of drug-likeness (QED) is 0.348. The maximum atomic E-state index is 12.7. The summed E-state index contributed by atoms with van der Waals surface area (Å²) < 4.78 is 38.2. The van der Waals surface area contributed by atoms with E-state index in [0.717, 1.165) is 18.3 Å². The van der Waals surface area contributed by atoms with Crippen LogP contribution in [0, 0.1) is 5.92 Å². The second-order valence-electron chi connectivity index (χ2n) is 7.84. The Hall–Kier alpha value is -2.34. The van der Waals surface area contributed by atoms with Gasteiger partial charge in [0.1, 0.15) is 12.1 Å². The van der Waals surface area contributed by atoms with Gasteiger partial charge in [-0.2, -0.15) is 13.2 Å². The normalized spacial score (nSPS) is 24.1. The summed E-state index contributed by atoms with van der Waals surface area (Å²) in [4.78, 5) is 18.1. The number of hydrogen-bond donors (Lipinski definition) is 0. The molecule has 1 aliphatic heterocycles. The van der Waals surface area contributed by atoms with Crippen LogP contribution < -0.4 is 0 Å². The number of carbonyl (C=O) groups excluding carboxylic acids is 1. The lowest BCUT2D eigenvalue weighted by molar-refractivity contribution is -0.135. The molecule has 0 saturated carbocycles. The molecule has 31 heavy (non-hydrogen) atoms. The number of aldehydes is 1. The molecule has 7 heteroatoms. The number of rotatable bonds is 7. The molecule has 0 N–H and O–H groups in total. The van der Waals surface area contributed by atoms with Gasteiger partial charge in [-0.15, -0.1) is 0 Å². The monoisotopic (exact) mass is 450 g/mol. The lowest BCUT2D eigenvalue weighted by atomic mass is 9.92. The van der Waals surface area contributed by atoms with E-state index in [1.807, 2.05) is 59.6 Å². The van der Waals surface area contributed by atoms with Crippen LogP contribution in [0.1, 0.15) is 32.1 Å². The zero-order valence-corrected chi connectivity index (χ0v) is 17.9. The van der Waals surface area contributed by atoms with Gasteiger partial charge >= 0.3 is 6.18 Å². The molecule has 0 spiro atoms. The number of aliphatic imine (C=N–C) groups is 1. The second kappa shape index (κ2) is 10.8. The third-order valence-electron chi connectivity index (χ3n) is 5.39. The highest BCUT2D eigenvalue weighted by molar-refractivity contribution is 6.31. The van der Waals surface area contributed by atoms with Gasteiger partial charge in [0.15, 0.2) is 0 Å². The van der Waals surface area contributed by atoms with E-state index in [1.165, 1.54) is 0 Å². The van der Waals surface area contributed by atoms with E-state index >= 15 is 0 Å². The van der Waals surface area contributed by atoms with Crippen molar-refractivity contribution in [1.29, 1.82) is 0 Å². The Bertz CT molecular complexity index is 878. The van der Waals surface area contributed by atoms with Crippen LogP contribution in [0.4, 0.5) is 13.2 Å². The summed E-state index contributed by atoms with van der Waals surface area (Å²) in [5.74, 6) is 0.793. The molecule has 2 atom stereocenters. The molecule has 0 fully saturated rings. The number of halogens is 4. The number of nitrogens with zero attached hydrogens (tertiary/aromatic N) is 2. The molecule has 3 aliphatic rings. The fourth-order valence-electron chi connectivity index (χ4n) is 3.80. The van der Waals surface area contributed by atoms with Gasteiger partial charge < -0.3 is 4.90 Å². The average Bonchev–Trinajstić information content (AvgIpc) is 3.07. The third-order valence-corrected chi connectivity index (χ3v) is 5.67. The molecule has 3 rings (SSSR count). The second-order valence-corrected chi connectivity index (χ2v) is 8.28. The van der Waals surface area contributed by atoms with E-state index in [1.54, 1.807) is 0 Å². The van der Waals surface area contributed by atoms with E-state index in [2.05, 4.69) is 0 Å². The minimum Gasteiger partial charge on any atom is -0.352 e. The summed E-state index contributed by atoms with van der Waals surface area (Å²) in [7, 11) is 0. The number of carbonyl (C=O) groups is 1. The van der Waals surface area contributed by atoms with E-state index in [4.69, 9.17) is 16.6 Å². The fourth-order valence-corrected chi connectivity index (χ4v) is 3.96. The summed E-state index contributed by atoms with van der Waals surface area (Å²) in [5, 5.41) is 0.691. The van der Waals surface area contributed by atoms with Crippen LogP contribution in [0.25, 0.3) is 0 Å². The Labute approximate surface area is 186 Å². The zero-order chi connectivity index (χ0) is 22.3. The van der Waals surface area contributed by atoms with Gasteiger partial charge in [0.2, 0.25) is 0 Å². The molecular formula is C24H26ClF3N2O. The number of alkyl halides is 3.